The molecule has 0 aliphatic carbocycles. The Hall–Kier alpha value is -2.42. The third kappa shape index (κ3) is 4.29. The van der Waals surface area contributed by atoms with Crippen LogP contribution >= 0.6 is 11.6 Å². The lowest BCUT2D eigenvalue weighted by atomic mass is 10.2. The van der Waals surface area contributed by atoms with E-state index in [1.165, 1.54) is 33.5 Å². The zero-order valence-electron chi connectivity index (χ0n) is 14.3. The smallest absolute Gasteiger partial charge is 0.255 e. The second kappa shape index (κ2) is 8.08. The molecule has 0 unspecified atom stereocenters. The Labute approximate surface area is 162 Å². The lowest BCUT2D eigenvalue weighted by molar-refractivity contribution is -0.119. The number of nitrogens with zero attached hydrogens (tertiary/aromatic N) is 2. The van der Waals surface area contributed by atoms with Crippen molar-refractivity contribution in [1.29, 1.82) is 0 Å². The Bertz CT molecular complexity index is 939. The van der Waals surface area contributed by atoms with E-state index in [0.29, 0.717) is 29.4 Å². The third-order valence-electron chi connectivity index (χ3n) is 4.30. The first-order valence-corrected chi connectivity index (χ1v) is 10.1. The van der Waals surface area contributed by atoms with Crippen LogP contribution in [0.2, 0.25) is 5.02 Å². The first-order chi connectivity index (χ1) is 12.9. The summed E-state index contributed by atoms with van der Waals surface area (Å²) in [5, 5.41) is 3.11. The van der Waals surface area contributed by atoms with Gasteiger partial charge in [-0.25, -0.2) is 8.42 Å². The van der Waals surface area contributed by atoms with Crippen LogP contribution < -0.4 is 5.32 Å². The van der Waals surface area contributed by atoms with Crippen LogP contribution in [0.5, 0.6) is 0 Å². The summed E-state index contributed by atoms with van der Waals surface area (Å²) in [5.41, 5.74) is 0.800. The molecule has 2 aromatic rings. The standard InChI is InChI=1S/C18H18ClN3O4S/c19-16-3-1-2-4-17(16)20-18(24)14-5-7-15(8-6-14)27(25,26)22-11-9-21(13-23)10-12-22/h1-8,13H,9-12H2,(H,20,24). The van der Waals surface area contributed by atoms with Gasteiger partial charge in [-0.1, -0.05) is 23.7 Å². The Balaban J connectivity index is 1.72. The molecule has 0 atom stereocenters. The predicted molar refractivity (Wildman–Crippen MR) is 102 cm³/mol. The zero-order valence-corrected chi connectivity index (χ0v) is 15.9. The molecule has 0 bridgehead atoms. The number of nitrogens with one attached hydrogen (secondary N) is 1. The van der Waals surface area contributed by atoms with Gasteiger partial charge in [0.2, 0.25) is 16.4 Å². The number of carbonyl (C=O) groups is 2. The van der Waals surface area contributed by atoms with Gasteiger partial charge in [0.25, 0.3) is 5.91 Å². The molecule has 1 fully saturated rings. The fraction of sp³-hybridized carbons (Fsp3) is 0.222. The van der Waals surface area contributed by atoms with Crippen molar-refractivity contribution in [3.05, 3.63) is 59.1 Å². The van der Waals surface area contributed by atoms with Crippen molar-refractivity contribution in [2.45, 2.75) is 4.90 Å². The van der Waals surface area contributed by atoms with E-state index in [4.69, 9.17) is 11.6 Å². The van der Waals surface area contributed by atoms with E-state index >= 15 is 0 Å². The normalized spacial score (nSPS) is 15.4. The highest BCUT2D eigenvalue weighted by atomic mass is 35.5. The summed E-state index contributed by atoms with van der Waals surface area (Å²) in [4.78, 5) is 24.7. The van der Waals surface area contributed by atoms with E-state index in [2.05, 4.69) is 5.32 Å². The molecule has 1 aliphatic rings. The number of benzene rings is 2. The van der Waals surface area contributed by atoms with Gasteiger partial charge in [-0.05, 0) is 36.4 Å². The van der Waals surface area contributed by atoms with E-state index in [1.54, 1.807) is 24.3 Å². The number of halogens is 1. The predicted octanol–water partition coefficient (Wildman–Crippen LogP) is 2.05. The van der Waals surface area contributed by atoms with E-state index < -0.39 is 10.0 Å². The molecule has 0 radical (unpaired) electrons. The number of hydrogen-bond donors (Lipinski definition) is 1. The third-order valence-corrected chi connectivity index (χ3v) is 6.54. The average molecular weight is 408 g/mol. The second-order valence-electron chi connectivity index (χ2n) is 6.00. The van der Waals surface area contributed by atoms with Crippen LogP contribution in [-0.4, -0.2) is 56.1 Å². The van der Waals surface area contributed by atoms with Crippen molar-refractivity contribution >= 4 is 39.6 Å². The largest absolute Gasteiger partial charge is 0.343 e. The van der Waals surface area contributed by atoms with Gasteiger partial charge in [0.1, 0.15) is 0 Å². The molecule has 2 amide bonds. The van der Waals surface area contributed by atoms with Crippen molar-refractivity contribution < 1.29 is 18.0 Å². The van der Waals surface area contributed by atoms with Crippen molar-refractivity contribution in [3.63, 3.8) is 0 Å². The number of para-hydroxylation sites is 1. The quantitative estimate of drug-likeness (QED) is 0.768. The van der Waals surface area contributed by atoms with Crippen molar-refractivity contribution in [2.24, 2.45) is 0 Å². The topological polar surface area (TPSA) is 86.8 Å². The highest BCUT2D eigenvalue weighted by Crippen LogP contribution is 2.22. The number of amides is 2. The van der Waals surface area contributed by atoms with Gasteiger partial charge in [-0.2, -0.15) is 4.31 Å². The molecule has 1 aliphatic heterocycles. The molecule has 27 heavy (non-hydrogen) atoms. The number of carbonyl (C=O) groups excluding carboxylic acids is 2. The Morgan fingerprint density at radius 3 is 2.22 bits per heavy atom. The summed E-state index contributed by atoms with van der Waals surface area (Å²) in [6.07, 6.45) is 0.719. The highest BCUT2D eigenvalue weighted by Gasteiger charge is 2.28. The van der Waals surface area contributed by atoms with E-state index in [1.807, 2.05) is 0 Å². The first-order valence-electron chi connectivity index (χ1n) is 8.27. The van der Waals surface area contributed by atoms with E-state index in [-0.39, 0.29) is 23.9 Å². The van der Waals surface area contributed by atoms with Crippen LogP contribution in [0.25, 0.3) is 0 Å². The average Bonchev–Trinajstić information content (AvgIpc) is 2.70. The fourth-order valence-electron chi connectivity index (χ4n) is 2.73. The SMILES string of the molecule is O=CN1CCN(S(=O)(=O)c2ccc(C(=O)Nc3ccccc3Cl)cc2)CC1. The molecular weight excluding hydrogens is 390 g/mol. The summed E-state index contributed by atoms with van der Waals surface area (Å²) in [7, 11) is -3.66. The lowest BCUT2D eigenvalue weighted by Gasteiger charge is -2.31. The molecule has 0 spiro atoms. The number of sulfonamides is 1. The summed E-state index contributed by atoms with van der Waals surface area (Å²) < 4.78 is 26.7. The zero-order chi connectivity index (χ0) is 19.4. The summed E-state index contributed by atoms with van der Waals surface area (Å²) >= 11 is 6.02. The molecule has 9 heteroatoms. The van der Waals surface area contributed by atoms with Crippen LogP contribution in [-0.2, 0) is 14.8 Å². The van der Waals surface area contributed by atoms with Gasteiger partial charge in [0.15, 0.2) is 0 Å². The molecule has 2 aromatic carbocycles. The number of anilines is 1. The van der Waals surface area contributed by atoms with Gasteiger partial charge in [-0.3, -0.25) is 9.59 Å². The van der Waals surface area contributed by atoms with Crippen LogP contribution in [0.3, 0.4) is 0 Å². The molecule has 0 aromatic heterocycles. The minimum Gasteiger partial charge on any atom is -0.343 e. The molecule has 7 nitrogen and oxygen atoms in total. The fourth-order valence-corrected chi connectivity index (χ4v) is 4.34. The Kier molecular flexibility index (Phi) is 5.79. The van der Waals surface area contributed by atoms with Crippen molar-refractivity contribution in [2.75, 3.05) is 31.5 Å². The molecule has 0 saturated carbocycles. The van der Waals surface area contributed by atoms with Gasteiger partial charge < -0.3 is 10.2 Å². The van der Waals surface area contributed by atoms with E-state index in [0.717, 1.165) is 6.41 Å². The number of piperazine rings is 1. The number of rotatable bonds is 5. The maximum atomic E-state index is 12.7. The van der Waals surface area contributed by atoms with E-state index in [9.17, 15) is 18.0 Å². The van der Waals surface area contributed by atoms with Gasteiger partial charge >= 0.3 is 0 Å². The van der Waals surface area contributed by atoms with Crippen LogP contribution in [0.15, 0.2) is 53.4 Å². The highest BCUT2D eigenvalue weighted by molar-refractivity contribution is 7.89. The van der Waals surface area contributed by atoms with Gasteiger partial charge in [0.05, 0.1) is 15.6 Å². The van der Waals surface area contributed by atoms with Crippen molar-refractivity contribution in [3.8, 4) is 0 Å². The van der Waals surface area contributed by atoms with Gasteiger partial charge in [-0.15, -0.1) is 0 Å². The first kappa shape index (κ1) is 19.3. The minimum atomic E-state index is -3.66. The van der Waals surface area contributed by atoms with Crippen LogP contribution in [0.1, 0.15) is 10.4 Å². The second-order valence-corrected chi connectivity index (χ2v) is 8.35. The molecule has 1 saturated heterocycles. The maximum Gasteiger partial charge on any atom is 0.255 e. The molecule has 1 N–H and O–H groups in total. The maximum absolute atomic E-state index is 12.7. The molecular formula is C18H18ClN3O4S. The van der Waals surface area contributed by atoms with Crippen LogP contribution in [0, 0.1) is 0 Å². The molecule has 142 valence electrons. The van der Waals surface area contributed by atoms with Crippen LogP contribution in [0.4, 0.5) is 5.69 Å². The van der Waals surface area contributed by atoms with Gasteiger partial charge in [0, 0.05) is 31.7 Å². The molecule has 1 heterocycles. The monoisotopic (exact) mass is 407 g/mol. The Morgan fingerprint density at radius 2 is 1.63 bits per heavy atom. The number of hydrogen-bond acceptors (Lipinski definition) is 4. The summed E-state index contributed by atoms with van der Waals surface area (Å²) in [6, 6.07) is 12.6. The lowest BCUT2D eigenvalue weighted by Crippen LogP contribution is -2.47. The molecule has 3 rings (SSSR count). The summed E-state index contributed by atoms with van der Waals surface area (Å²) in [6.45, 7) is 1.22. The van der Waals surface area contributed by atoms with Crippen molar-refractivity contribution in [1.82, 2.24) is 9.21 Å². The minimum absolute atomic E-state index is 0.108. The summed E-state index contributed by atoms with van der Waals surface area (Å²) in [5.74, 6) is -0.383. The Morgan fingerprint density at radius 1 is 1.00 bits per heavy atom.